The van der Waals surface area contributed by atoms with Gasteiger partial charge in [-0.1, -0.05) is 19.1 Å². The molecule has 1 atom stereocenters. The Kier molecular flexibility index (Phi) is 8.03. The molecule has 0 aliphatic heterocycles. The zero-order valence-electron chi connectivity index (χ0n) is 16.9. The Balaban J connectivity index is 2.07. The fourth-order valence-corrected chi connectivity index (χ4v) is 3.55. The molecule has 148 valence electrons. The normalized spacial score (nSPS) is 12.1. The van der Waals surface area contributed by atoms with Crippen molar-refractivity contribution in [2.75, 3.05) is 18.6 Å². The summed E-state index contributed by atoms with van der Waals surface area (Å²) in [5, 5.41) is 3.82. The molecule has 2 rings (SSSR count). The largest absolute Gasteiger partial charge is 0.497 e. The summed E-state index contributed by atoms with van der Waals surface area (Å²) in [4.78, 5) is 18.9. The molecular weight excluding hydrogens is 360 g/mol. The molecule has 2 aromatic rings. The van der Waals surface area contributed by atoms with E-state index in [4.69, 9.17) is 9.72 Å². The molecule has 0 spiro atoms. The van der Waals surface area contributed by atoms with Crippen molar-refractivity contribution in [3.05, 3.63) is 35.7 Å². The van der Waals surface area contributed by atoms with Crippen LogP contribution in [0.5, 0.6) is 5.75 Å². The third-order valence-corrected chi connectivity index (χ3v) is 5.14. The number of carbonyl (C=O) groups excluding carboxylic acids is 1. The zero-order valence-corrected chi connectivity index (χ0v) is 17.7. The van der Waals surface area contributed by atoms with E-state index in [0.29, 0.717) is 25.4 Å². The average Bonchev–Trinajstić information content (AvgIpc) is 3.09. The van der Waals surface area contributed by atoms with E-state index in [1.165, 1.54) is 11.5 Å². The van der Waals surface area contributed by atoms with E-state index in [1.807, 2.05) is 38.1 Å². The Morgan fingerprint density at radius 3 is 2.78 bits per heavy atom. The Morgan fingerprint density at radius 2 is 2.11 bits per heavy atom. The fraction of sp³-hybridized carbons (Fsp3) is 0.550. The summed E-state index contributed by atoms with van der Waals surface area (Å²) in [6.07, 6.45) is 2.10. The second kappa shape index (κ2) is 10.3. The molecule has 1 aromatic carbocycles. The van der Waals surface area contributed by atoms with Gasteiger partial charge in [0.2, 0.25) is 11.0 Å². The van der Waals surface area contributed by atoms with Crippen LogP contribution >= 0.6 is 11.5 Å². The van der Waals surface area contributed by atoms with Crippen LogP contribution in [-0.2, 0) is 11.2 Å². The molecule has 1 aromatic heterocycles. The fourth-order valence-electron chi connectivity index (χ4n) is 2.74. The first-order valence-electron chi connectivity index (χ1n) is 9.44. The van der Waals surface area contributed by atoms with Crippen molar-refractivity contribution in [1.29, 1.82) is 0 Å². The van der Waals surface area contributed by atoms with Gasteiger partial charge in [-0.3, -0.25) is 4.79 Å². The Labute approximate surface area is 166 Å². The molecule has 6 nitrogen and oxygen atoms in total. The lowest BCUT2D eigenvalue weighted by Crippen LogP contribution is -2.38. The maximum absolute atomic E-state index is 12.0. The molecule has 27 heavy (non-hydrogen) atoms. The van der Waals surface area contributed by atoms with Crippen molar-refractivity contribution in [1.82, 2.24) is 14.7 Å². The molecule has 7 heteroatoms. The van der Waals surface area contributed by atoms with Gasteiger partial charge >= 0.3 is 0 Å². The van der Waals surface area contributed by atoms with Gasteiger partial charge in [-0.25, -0.2) is 4.98 Å². The zero-order chi connectivity index (χ0) is 19.8. The number of methoxy groups -OCH3 is 1. The highest BCUT2D eigenvalue weighted by atomic mass is 32.1. The van der Waals surface area contributed by atoms with Crippen LogP contribution < -0.4 is 15.0 Å². The van der Waals surface area contributed by atoms with Crippen LogP contribution in [0.4, 0.5) is 5.13 Å². The highest BCUT2D eigenvalue weighted by Crippen LogP contribution is 2.23. The lowest BCUT2D eigenvalue weighted by molar-refractivity contribution is -0.121. The van der Waals surface area contributed by atoms with E-state index in [9.17, 15) is 4.79 Å². The molecule has 0 bridgehead atoms. The SMILES string of the molecule is CC[C@H](C)N(CCC(=O)NC(C)C)c1nc(Cc2cccc(OC)c2)ns1. The summed E-state index contributed by atoms with van der Waals surface area (Å²) in [6.45, 7) is 8.88. The average molecular weight is 391 g/mol. The van der Waals surface area contributed by atoms with Crippen molar-refractivity contribution in [3.63, 3.8) is 0 Å². The van der Waals surface area contributed by atoms with E-state index in [-0.39, 0.29) is 11.9 Å². The molecule has 1 amide bonds. The van der Waals surface area contributed by atoms with Crippen LogP contribution in [0.25, 0.3) is 0 Å². The first-order valence-corrected chi connectivity index (χ1v) is 10.2. The van der Waals surface area contributed by atoms with Crippen LogP contribution in [0.15, 0.2) is 24.3 Å². The lowest BCUT2D eigenvalue weighted by atomic mass is 10.1. The van der Waals surface area contributed by atoms with Gasteiger partial charge in [-0.2, -0.15) is 4.37 Å². The van der Waals surface area contributed by atoms with E-state index in [2.05, 4.69) is 28.4 Å². The summed E-state index contributed by atoms with van der Waals surface area (Å²) < 4.78 is 9.81. The molecule has 0 radical (unpaired) electrons. The van der Waals surface area contributed by atoms with Gasteiger partial charge < -0.3 is 15.0 Å². The van der Waals surface area contributed by atoms with Gasteiger partial charge in [0.15, 0.2) is 0 Å². The van der Waals surface area contributed by atoms with Crippen LogP contribution in [-0.4, -0.2) is 41.0 Å². The number of hydrogen-bond acceptors (Lipinski definition) is 6. The number of hydrogen-bond donors (Lipinski definition) is 1. The van der Waals surface area contributed by atoms with Crippen molar-refractivity contribution >= 4 is 22.6 Å². The first kappa shape index (κ1) is 21.2. The van der Waals surface area contributed by atoms with Gasteiger partial charge in [0, 0.05) is 43.0 Å². The number of benzene rings is 1. The number of aromatic nitrogens is 2. The summed E-state index contributed by atoms with van der Waals surface area (Å²) in [5.41, 5.74) is 1.12. The molecule has 0 unspecified atom stereocenters. The van der Waals surface area contributed by atoms with E-state index < -0.39 is 0 Å². The molecule has 1 heterocycles. The number of ether oxygens (including phenoxy) is 1. The van der Waals surface area contributed by atoms with Gasteiger partial charge in [-0.05, 0) is 44.9 Å². The minimum atomic E-state index is 0.0689. The predicted octanol–water partition coefficient (Wildman–Crippen LogP) is 3.66. The molecule has 1 N–H and O–H groups in total. The van der Waals surface area contributed by atoms with Crippen LogP contribution in [0.3, 0.4) is 0 Å². The number of nitrogens with zero attached hydrogens (tertiary/aromatic N) is 3. The summed E-state index contributed by atoms with van der Waals surface area (Å²) >= 11 is 1.40. The number of rotatable bonds is 10. The monoisotopic (exact) mass is 390 g/mol. The second-order valence-electron chi connectivity index (χ2n) is 6.94. The maximum Gasteiger partial charge on any atom is 0.221 e. The maximum atomic E-state index is 12.0. The predicted molar refractivity (Wildman–Crippen MR) is 111 cm³/mol. The number of amides is 1. The molecule has 0 fully saturated rings. The smallest absolute Gasteiger partial charge is 0.221 e. The van der Waals surface area contributed by atoms with Crippen molar-refractivity contribution in [2.24, 2.45) is 0 Å². The lowest BCUT2D eigenvalue weighted by Gasteiger charge is -2.27. The topological polar surface area (TPSA) is 67.4 Å². The van der Waals surface area contributed by atoms with Gasteiger partial charge in [0.05, 0.1) is 7.11 Å². The number of nitrogens with one attached hydrogen (secondary N) is 1. The van der Waals surface area contributed by atoms with Crippen LogP contribution in [0.2, 0.25) is 0 Å². The minimum Gasteiger partial charge on any atom is -0.497 e. The Hall–Kier alpha value is -2.15. The first-order chi connectivity index (χ1) is 12.9. The third kappa shape index (κ3) is 6.50. The van der Waals surface area contributed by atoms with Gasteiger partial charge in [0.25, 0.3) is 0 Å². The van der Waals surface area contributed by atoms with Crippen molar-refractivity contribution in [2.45, 2.75) is 59.0 Å². The highest BCUT2D eigenvalue weighted by molar-refractivity contribution is 7.09. The summed E-state index contributed by atoms with van der Waals surface area (Å²) in [5.74, 6) is 1.70. The van der Waals surface area contributed by atoms with E-state index in [1.54, 1.807) is 7.11 Å². The molecule has 0 aliphatic rings. The summed E-state index contributed by atoms with van der Waals surface area (Å²) in [6, 6.07) is 8.41. The standard InChI is InChI=1S/C20H30N4O2S/c1-6-15(4)24(11-10-19(25)21-14(2)3)20-22-18(23-27-20)13-16-8-7-9-17(12-16)26-5/h7-9,12,14-15H,6,10-11,13H2,1-5H3,(H,21,25)/t15-/m0/s1. The van der Waals surface area contributed by atoms with E-state index >= 15 is 0 Å². The Bertz CT molecular complexity index is 732. The highest BCUT2D eigenvalue weighted by Gasteiger charge is 2.19. The third-order valence-electron chi connectivity index (χ3n) is 4.35. The molecule has 0 aliphatic carbocycles. The number of anilines is 1. The molecule has 0 saturated heterocycles. The van der Waals surface area contributed by atoms with Crippen molar-refractivity contribution in [3.8, 4) is 5.75 Å². The van der Waals surface area contributed by atoms with Gasteiger partial charge in [0.1, 0.15) is 11.6 Å². The van der Waals surface area contributed by atoms with Crippen molar-refractivity contribution < 1.29 is 9.53 Å². The number of carbonyl (C=O) groups is 1. The van der Waals surface area contributed by atoms with Crippen LogP contribution in [0, 0.1) is 0 Å². The minimum absolute atomic E-state index is 0.0689. The summed E-state index contributed by atoms with van der Waals surface area (Å²) in [7, 11) is 1.66. The molecule has 0 saturated carbocycles. The quantitative estimate of drug-likeness (QED) is 0.671. The second-order valence-corrected chi connectivity index (χ2v) is 7.67. The van der Waals surface area contributed by atoms with Gasteiger partial charge in [-0.15, -0.1) is 0 Å². The van der Waals surface area contributed by atoms with Crippen LogP contribution in [0.1, 0.15) is 51.9 Å². The van der Waals surface area contributed by atoms with E-state index in [0.717, 1.165) is 28.7 Å². The molecular formula is C20H30N4O2S. The Morgan fingerprint density at radius 1 is 1.33 bits per heavy atom.